The first-order chi connectivity index (χ1) is 7.52. The summed E-state index contributed by atoms with van der Waals surface area (Å²) in [5.41, 5.74) is 0. The number of carboxylic acids is 1. The average molecular weight is 233 g/mol. The van der Waals surface area contributed by atoms with Crippen molar-refractivity contribution in [3.05, 3.63) is 0 Å². The van der Waals surface area contributed by atoms with Gasteiger partial charge >= 0.3 is 5.97 Å². The summed E-state index contributed by atoms with van der Waals surface area (Å²) >= 11 is 0. The summed E-state index contributed by atoms with van der Waals surface area (Å²) in [7, 11) is 3.29. The largest absolute Gasteiger partial charge is 0.481 e. The van der Waals surface area contributed by atoms with E-state index in [2.05, 4.69) is 4.90 Å². The molecule has 0 bridgehead atoms. The maximum atomic E-state index is 10.7. The van der Waals surface area contributed by atoms with E-state index < -0.39 is 5.97 Å². The van der Waals surface area contributed by atoms with Gasteiger partial charge in [-0.1, -0.05) is 0 Å². The van der Waals surface area contributed by atoms with Gasteiger partial charge in [-0.2, -0.15) is 0 Å². The van der Waals surface area contributed by atoms with E-state index in [9.17, 15) is 4.79 Å². The van der Waals surface area contributed by atoms with Crippen LogP contribution in [0.3, 0.4) is 0 Å². The Labute approximate surface area is 97.3 Å². The molecule has 0 aromatic carbocycles. The molecule has 0 aliphatic carbocycles. The highest BCUT2D eigenvalue weighted by atomic mass is 16.5. The van der Waals surface area contributed by atoms with E-state index in [4.69, 9.17) is 14.6 Å². The molecule has 0 heterocycles. The number of methoxy groups -OCH3 is 2. The first-order valence-electron chi connectivity index (χ1n) is 5.48. The van der Waals surface area contributed by atoms with Gasteiger partial charge in [0.2, 0.25) is 0 Å². The zero-order valence-electron chi connectivity index (χ0n) is 10.6. The van der Waals surface area contributed by atoms with Crippen molar-refractivity contribution in [2.75, 3.05) is 34.0 Å². The lowest BCUT2D eigenvalue weighted by molar-refractivity contribution is -0.138. The van der Waals surface area contributed by atoms with Gasteiger partial charge in [0.15, 0.2) is 0 Å². The third-order valence-electron chi connectivity index (χ3n) is 2.56. The van der Waals surface area contributed by atoms with Crippen LogP contribution in [0.15, 0.2) is 0 Å². The summed E-state index contributed by atoms with van der Waals surface area (Å²) in [5.74, 6) is -0.778. The number of ether oxygens (including phenoxy) is 2. The molecule has 0 saturated heterocycles. The minimum Gasteiger partial charge on any atom is -0.481 e. The maximum Gasteiger partial charge on any atom is 0.304 e. The molecular weight excluding hydrogens is 210 g/mol. The molecule has 0 amide bonds. The van der Waals surface area contributed by atoms with E-state index in [1.165, 1.54) is 0 Å². The molecule has 0 fully saturated rings. The molecule has 5 heteroatoms. The molecule has 5 nitrogen and oxygen atoms in total. The van der Waals surface area contributed by atoms with E-state index in [-0.39, 0.29) is 18.5 Å². The standard InChI is InChI=1S/C11H23NO4/c1-9(7-11(13)14)12(5-6-15-3)10(2)8-16-4/h9-10H,5-8H2,1-4H3,(H,13,14). The van der Waals surface area contributed by atoms with E-state index in [0.717, 1.165) is 6.54 Å². The highest BCUT2D eigenvalue weighted by Gasteiger charge is 2.21. The van der Waals surface area contributed by atoms with Crippen molar-refractivity contribution in [3.8, 4) is 0 Å². The van der Waals surface area contributed by atoms with E-state index >= 15 is 0 Å². The minimum atomic E-state index is -0.778. The summed E-state index contributed by atoms with van der Waals surface area (Å²) in [6.45, 7) is 5.84. The Morgan fingerprint density at radius 2 is 1.88 bits per heavy atom. The van der Waals surface area contributed by atoms with E-state index in [1.807, 2.05) is 13.8 Å². The smallest absolute Gasteiger partial charge is 0.304 e. The second kappa shape index (κ2) is 8.50. The zero-order chi connectivity index (χ0) is 12.6. The number of hydrogen-bond acceptors (Lipinski definition) is 4. The second-order valence-electron chi connectivity index (χ2n) is 3.98. The Balaban J connectivity index is 4.32. The zero-order valence-corrected chi connectivity index (χ0v) is 10.6. The van der Waals surface area contributed by atoms with Crippen molar-refractivity contribution in [1.82, 2.24) is 4.90 Å². The van der Waals surface area contributed by atoms with Crippen molar-refractivity contribution >= 4 is 5.97 Å². The molecule has 0 aromatic rings. The van der Waals surface area contributed by atoms with Crippen molar-refractivity contribution in [3.63, 3.8) is 0 Å². The van der Waals surface area contributed by atoms with Crippen molar-refractivity contribution in [2.45, 2.75) is 32.4 Å². The Bertz CT molecular complexity index is 198. The van der Waals surface area contributed by atoms with Gasteiger partial charge in [-0.25, -0.2) is 0 Å². The lowest BCUT2D eigenvalue weighted by Crippen LogP contribution is -2.45. The molecule has 2 unspecified atom stereocenters. The molecule has 2 atom stereocenters. The predicted molar refractivity (Wildman–Crippen MR) is 61.6 cm³/mol. The summed E-state index contributed by atoms with van der Waals surface area (Å²) < 4.78 is 10.1. The van der Waals surface area contributed by atoms with Gasteiger partial charge in [-0.3, -0.25) is 9.69 Å². The molecule has 0 radical (unpaired) electrons. The highest BCUT2D eigenvalue weighted by molar-refractivity contribution is 5.67. The number of hydrogen-bond donors (Lipinski definition) is 1. The summed E-state index contributed by atoms with van der Waals surface area (Å²) in [6.07, 6.45) is 0.137. The van der Waals surface area contributed by atoms with Crippen LogP contribution in [0.5, 0.6) is 0 Å². The van der Waals surface area contributed by atoms with Crippen LogP contribution in [0.25, 0.3) is 0 Å². The fourth-order valence-electron chi connectivity index (χ4n) is 1.78. The fraction of sp³-hybridized carbons (Fsp3) is 0.909. The number of nitrogens with zero attached hydrogens (tertiary/aromatic N) is 1. The van der Waals surface area contributed by atoms with Crippen LogP contribution in [0.1, 0.15) is 20.3 Å². The second-order valence-corrected chi connectivity index (χ2v) is 3.98. The maximum absolute atomic E-state index is 10.7. The van der Waals surface area contributed by atoms with Crippen molar-refractivity contribution in [1.29, 1.82) is 0 Å². The third-order valence-corrected chi connectivity index (χ3v) is 2.56. The summed E-state index contributed by atoms with van der Waals surface area (Å²) in [6, 6.07) is 0.173. The average Bonchev–Trinajstić information content (AvgIpc) is 2.17. The van der Waals surface area contributed by atoms with Gasteiger partial charge in [-0.05, 0) is 13.8 Å². The van der Waals surface area contributed by atoms with E-state index in [1.54, 1.807) is 14.2 Å². The number of carbonyl (C=O) groups is 1. The lowest BCUT2D eigenvalue weighted by atomic mass is 10.1. The van der Waals surface area contributed by atoms with Crippen molar-refractivity contribution in [2.24, 2.45) is 0 Å². The topological polar surface area (TPSA) is 59.0 Å². The molecule has 0 saturated carbocycles. The quantitative estimate of drug-likeness (QED) is 0.639. The van der Waals surface area contributed by atoms with Crippen molar-refractivity contribution < 1.29 is 19.4 Å². The Morgan fingerprint density at radius 3 is 2.31 bits per heavy atom. The number of rotatable bonds is 9. The van der Waals surface area contributed by atoms with Gasteiger partial charge in [0.25, 0.3) is 0 Å². The minimum absolute atomic E-state index is 0.0159. The molecule has 16 heavy (non-hydrogen) atoms. The van der Waals surface area contributed by atoms with Crippen LogP contribution < -0.4 is 0 Å². The SMILES string of the molecule is COCCN(C(C)COC)C(C)CC(=O)O. The van der Waals surface area contributed by atoms with Crippen LogP contribution in [-0.2, 0) is 14.3 Å². The van der Waals surface area contributed by atoms with Gasteiger partial charge < -0.3 is 14.6 Å². The molecule has 0 spiro atoms. The normalized spacial score (nSPS) is 15.1. The van der Waals surface area contributed by atoms with Gasteiger partial charge in [-0.15, -0.1) is 0 Å². The van der Waals surface area contributed by atoms with Gasteiger partial charge in [0, 0.05) is 32.8 Å². The third kappa shape index (κ3) is 6.05. The Hall–Kier alpha value is -0.650. The first-order valence-corrected chi connectivity index (χ1v) is 5.48. The van der Waals surface area contributed by atoms with Crippen LogP contribution in [0.4, 0.5) is 0 Å². The Morgan fingerprint density at radius 1 is 1.25 bits per heavy atom. The van der Waals surface area contributed by atoms with Crippen LogP contribution in [0.2, 0.25) is 0 Å². The molecule has 0 aliphatic heterocycles. The molecule has 96 valence electrons. The molecule has 0 aliphatic rings. The molecule has 0 aromatic heterocycles. The number of aliphatic carboxylic acids is 1. The number of carboxylic acid groups (broad SMARTS) is 1. The van der Waals surface area contributed by atoms with Crippen LogP contribution in [-0.4, -0.2) is 62.0 Å². The molecule has 0 rings (SSSR count). The summed E-state index contributed by atoms with van der Waals surface area (Å²) in [5, 5.41) is 8.78. The van der Waals surface area contributed by atoms with E-state index in [0.29, 0.717) is 13.2 Å². The predicted octanol–water partition coefficient (Wildman–Crippen LogP) is 0.833. The van der Waals surface area contributed by atoms with Gasteiger partial charge in [0.1, 0.15) is 0 Å². The lowest BCUT2D eigenvalue weighted by Gasteiger charge is -2.33. The van der Waals surface area contributed by atoms with Crippen LogP contribution in [0, 0.1) is 0 Å². The monoisotopic (exact) mass is 233 g/mol. The van der Waals surface area contributed by atoms with Crippen LogP contribution >= 0.6 is 0 Å². The summed E-state index contributed by atoms with van der Waals surface area (Å²) in [4.78, 5) is 12.8. The molecular formula is C11H23NO4. The first kappa shape index (κ1) is 15.3. The highest BCUT2D eigenvalue weighted by Crippen LogP contribution is 2.09. The molecule has 1 N–H and O–H groups in total. The fourth-order valence-corrected chi connectivity index (χ4v) is 1.78. The van der Waals surface area contributed by atoms with Gasteiger partial charge in [0.05, 0.1) is 19.6 Å². The Kier molecular flexibility index (Phi) is 8.15.